The molecule has 18 heavy (non-hydrogen) atoms. The predicted molar refractivity (Wildman–Crippen MR) is 68.7 cm³/mol. The summed E-state index contributed by atoms with van der Waals surface area (Å²) in [5.41, 5.74) is 1.47. The largest absolute Gasteiger partial charge is 0.478 e. The topological polar surface area (TPSA) is 64.3 Å². The SMILES string of the molecule is CC1CCN(c2ccc(C(=O)O)cc2C#N)CC1. The van der Waals surface area contributed by atoms with Crippen molar-refractivity contribution in [2.24, 2.45) is 5.92 Å². The molecule has 1 aromatic carbocycles. The Morgan fingerprint density at radius 1 is 1.44 bits per heavy atom. The van der Waals surface area contributed by atoms with Gasteiger partial charge < -0.3 is 10.0 Å². The fourth-order valence-corrected chi connectivity index (χ4v) is 2.28. The quantitative estimate of drug-likeness (QED) is 0.868. The van der Waals surface area contributed by atoms with Gasteiger partial charge >= 0.3 is 5.97 Å². The van der Waals surface area contributed by atoms with E-state index in [0.29, 0.717) is 5.56 Å². The van der Waals surface area contributed by atoms with Gasteiger partial charge in [0.25, 0.3) is 0 Å². The van der Waals surface area contributed by atoms with E-state index in [0.717, 1.165) is 37.5 Å². The number of aromatic carboxylic acids is 1. The highest BCUT2D eigenvalue weighted by Crippen LogP contribution is 2.26. The summed E-state index contributed by atoms with van der Waals surface area (Å²) in [5.74, 6) is -0.268. The van der Waals surface area contributed by atoms with Crippen LogP contribution in [0, 0.1) is 17.2 Å². The van der Waals surface area contributed by atoms with E-state index in [1.54, 1.807) is 12.1 Å². The number of carbonyl (C=O) groups is 1. The van der Waals surface area contributed by atoms with Crippen molar-refractivity contribution >= 4 is 11.7 Å². The molecule has 0 atom stereocenters. The lowest BCUT2D eigenvalue weighted by molar-refractivity contribution is 0.0697. The van der Waals surface area contributed by atoms with E-state index in [1.165, 1.54) is 6.07 Å². The molecule has 2 rings (SSSR count). The first-order chi connectivity index (χ1) is 8.61. The second-order valence-electron chi connectivity index (χ2n) is 4.82. The maximum absolute atomic E-state index is 10.9. The average molecular weight is 244 g/mol. The minimum Gasteiger partial charge on any atom is -0.478 e. The lowest BCUT2D eigenvalue weighted by Gasteiger charge is -2.32. The smallest absolute Gasteiger partial charge is 0.335 e. The van der Waals surface area contributed by atoms with E-state index in [2.05, 4.69) is 17.9 Å². The third-order valence-corrected chi connectivity index (χ3v) is 3.49. The van der Waals surface area contributed by atoms with Gasteiger partial charge in [0, 0.05) is 13.1 Å². The zero-order chi connectivity index (χ0) is 13.1. The van der Waals surface area contributed by atoms with Crippen molar-refractivity contribution in [1.82, 2.24) is 0 Å². The Kier molecular flexibility index (Phi) is 3.52. The van der Waals surface area contributed by atoms with Crippen LogP contribution in [0.15, 0.2) is 18.2 Å². The molecule has 0 radical (unpaired) electrons. The number of hydrogen-bond donors (Lipinski definition) is 1. The van der Waals surface area contributed by atoms with Crippen LogP contribution in [-0.2, 0) is 0 Å². The van der Waals surface area contributed by atoms with Crippen molar-refractivity contribution in [2.45, 2.75) is 19.8 Å². The number of piperidine rings is 1. The van der Waals surface area contributed by atoms with Crippen LogP contribution in [0.5, 0.6) is 0 Å². The lowest BCUT2D eigenvalue weighted by Crippen LogP contribution is -2.33. The molecule has 1 heterocycles. The molecule has 0 unspecified atom stereocenters. The molecule has 4 heteroatoms. The molecule has 1 aromatic rings. The van der Waals surface area contributed by atoms with Gasteiger partial charge in [0.15, 0.2) is 0 Å². The number of carboxylic acids is 1. The number of rotatable bonds is 2. The minimum absolute atomic E-state index is 0.167. The van der Waals surface area contributed by atoms with E-state index in [-0.39, 0.29) is 5.56 Å². The molecule has 1 saturated heterocycles. The van der Waals surface area contributed by atoms with Gasteiger partial charge in [-0.3, -0.25) is 0 Å². The highest BCUT2D eigenvalue weighted by Gasteiger charge is 2.19. The van der Waals surface area contributed by atoms with Gasteiger partial charge in [-0.05, 0) is 37.0 Å². The van der Waals surface area contributed by atoms with E-state index in [4.69, 9.17) is 10.4 Å². The van der Waals surface area contributed by atoms with Crippen molar-refractivity contribution in [3.8, 4) is 6.07 Å². The van der Waals surface area contributed by atoms with Gasteiger partial charge in [0.2, 0.25) is 0 Å². The van der Waals surface area contributed by atoms with Crippen molar-refractivity contribution in [3.63, 3.8) is 0 Å². The number of carboxylic acid groups (broad SMARTS) is 1. The highest BCUT2D eigenvalue weighted by molar-refractivity contribution is 5.89. The summed E-state index contributed by atoms with van der Waals surface area (Å²) in [6, 6.07) is 6.86. The summed E-state index contributed by atoms with van der Waals surface area (Å²) in [6.07, 6.45) is 2.23. The van der Waals surface area contributed by atoms with Crippen molar-refractivity contribution in [1.29, 1.82) is 5.26 Å². The van der Waals surface area contributed by atoms with Crippen LogP contribution in [0.4, 0.5) is 5.69 Å². The summed E-state index contributed by atoms with van der Waals surface area (Å²) < 4.78 is 0. The first-order valence-corrected chi connectivity index (χ1v) is 6.14. The summed E-state index contributed by atoms with van der Waals surface area (Å²) in [4.78, 5) is 13.0. The zero-order valence-electron chi connectivity index (χ0n) is 10.4. The van der Waals surface area contributed by atoms with Crippen LogP contribution < -0.4 is 4.90 Å². The van der Waals surface area contributed by atoms with Crippen molar-refractivity contribution < 1.29 is 9.90 Å². The lowest BCUT2D eigenvalue weighted by atomic mass is 9.98. The Morgan fingerprint density at radius 3 is 2.67 bits per heavy atom. The average Bonchev–Trinajstić information content (AvgIpc) is 2.39. The summed E-state index contributed by atoms with van der Waals surface area (Å²) >= 11 is 0. The molecule has 1 fully saturated rings. The van der Waals surface area contributed by atoms with E-state index >= 15 is 0 Å². The van der Waals surface area contributed by atoms with E-state index < -0.39 is 5.97 Å². The van der Waals surface area contributed by atoms with Crippen molar-refractivity contribution in [3.05, 3.63) is 29.3 Å². The first-order valence-electron chi connectivity index (χ1n) is 6.14. The zero-order valence-corrected chi connectivity index (χ0v) is 10.4. The molecule has 0 aliphatic carbocycles. The Morgan fingerprint density at radius 2 is 2.11 bits per heavy atom. The van der Waals surface area contributed by atoms with Crippen LogP contribution in [-0.4, -0.2) is 24.2 Å². The van der Waals surface area contributed by atoms with Gasteiger partial charge in [0.05, 0.1) is 16.8 Å². The Bertz CT molecular complexity index is 497. The van der Waals surface area contributed by atoms with Crippen molar-refractivity contribution in [2.75, 3.05) is 18.0 Å². The second-order valence-corrected chi connectivity index (χ2v) is 4.82. The first kappa shape index (κ1) is 12.4. The number of anilines is 1. The van der Waals surface area contributed by atoms with Gasteiger partial charge in [0.1, 0.15) is 6.07 Å². The third-order valence-electron chi connectivity index (χ3n) is 3.49. The monoisotopic (exact) mass is 244 g/mol. The third kappa shape index (κ3) is 2.45. The molecule has 1 aliphatic heterocycles. The normalized spacial score (nSPS) is 16.3. The summed E-state index contributed by atoms with van der Waals surface area (Å²) in [5, 5.41) is 18.1. The fourth-order valence-electron chi connectivity index (χ4n) is 2.28. The summed E-state index contributed by atoms with van der Waals surface area (Å²) in [6.45, 7) is 4.10. The molecule has 0 amide bonds. The maximum atomic E-state index is 10.9. The molecule has 1 N–H and O–H groups in total. The number of hydrogen-bond acceptors (Lipinski definition) is 3. The molecule has 0 aromatic heterocycles. The van der Waals surface area contributed by atoms with Gasteiger partial charge in [-0.25, -0.2) is 4.79 Å². The standard InChI is InChI=1S/C14H16N2O2/c1-10-4-6-16(7-5-10)13-3-2-11(14(17)18)8-12(13)9-15/h2-3,8,10H,4-7H2,1H3,(H,17,18). The molecule has 0 saturated carbocycles. The maximum Gasteiger partial charge on any atom is 0.335 e. The van der Waals surface area contributed by atoms with Crippen LogP contribution in [0.3, 0.4) is 0 Å². The second kappa shape index (κ2) is 5.09. The number of nitrogens with zero attached hydrogens (tertiary/aromatic N) is 2. The van der Waals surface area contributed by atoms with Crippen LogP contribution >= 0.6 is 0 Å². The van der Waals surface area contributed by atoms with Crippen LogP contribution in [0.2, 0.25) is 0 Å². The predicted octanol–water partition coefficient (Wildman–Crippen LogP) is 2.49. The van der Waals surface area contributed by atoms with Gasteiger partial charge in [-0.1, -0.05) is 6.92 Å². The Balaban J connectivity index is 2.28. The Labute approximate surface area is 106 Å². The van der Waals surface area contributed by atoms with Gasteiger partial charge in [-0.15, -0.1) is 0 Å². The molecule has 4 nitrogen and oxygen atoms in total. The molecule has 0 bridgehead atoms. The van der Waals surface area contributed by atoms with E-state index in [1.807, 2.05) is 0 Å². The molecular formula is C14H16N2O2. The minimum atomic E-state index is -0.995. The fraction of sp³-hybridized carbons (Fsp3) is 0.429. The van der Waals surface area contributed by atoms with Gasteiger partial charge in [-0.2, -0.15) is 5.26 Å². The number of benzene rings is 1. The number of nitriles is 1. The highest BCUT2D eigenvalue weighted by atomic mass is 16.4. The Hall–Kier alpha value is -2.02. The van der Waals surface area contributed by atoms with E-state index in [9.17, 15) is 4.79 Å². The molecule has 1 aliphatic rings. The molecular weight excluding hydrogens is 228 g/mol. The molecule has 0 spiro atoms. The molecule has 94 valence electrons. The van der Waals surface area contributed by atoms with Crippen LogP contribution in [0.25, 0.3) is 0 Å². The van der Waals surface area contributed by atoms with Crippen LogP contribution in [0.1, 0.15) is 35.7 Å². The summed E-state index contributed by atoms with van der Waals surface area (Å²) in [7, 11) is 0.